The van der Waals surface area contributed by atoms with E-state index in [1.165, 1.54) is 23.0 Å². The third-order valence-corrected chi connectivity index (χ3v) is 4.19. The van der Waals surface area contributed by atoms with E-state index in [1.54, 1.807) is 12.3 Å². The zero-order valence-corrected chi connectivity index (χ0v) is 16.1. The number of pyridine rings is 2. The first-order chi connectivity index (χ1) is 14.8. The predicted molar refractivity (Wildman–Crippen MR) is 101 cm³/mol. The fraction of sp³-hybridized carbons (Fsp3) is 0.368. The van der Waals surface area contributed by atoms with Gasteiger partial charge in [0.2, 0.25) is 0 Å². The Kier molecular flexibility index (Phi) is 7.00. The number of carbonyl (C=O) groups excluding carboxylic acids is 1. The van der Waals surface area contributed by atoms with E-state index in [-0.39, 0.29) is 30.5 Å². The summed E-state index contributed by atoms with van der Waals surface area (Å²) in [6.07, 6.45) is 0.844. The summed E-state index contributed by atoms with van der Waals surface area (Å²) in [4.78, 5) is 20.4. The third-order valence-electron chi connectivity index (χ3n) is 4.19. The number of halogens is 4. The second-order valence-corrected chi connectivity index (χ2v) is 6.59. The third kappa shape index (κ3) is 5.66. The van der Waals surface area contributed by atoms with E-state index in [4.69, 9.17) is 5.11 Å². The maximum Gasteiger partial charge on any atom is 0.340 e. The zero-order valence-electron chi connectivity index (χ0n) is 16.1. The van der Waals surface area contributed by atoms with Crippen molar-refractivity contribution < 1.29 is 32.2 Å². The summed E-state index contributed by atoms with van der Waals surface area (Å²) in [6, 6.07) is 4.47. The van der Waals surface area contributed by atoms with Crippen LogP contribution in [0.5, 0.6) is 5.75 Å². The average molecular weight is 441 g/mol. The minimum atomic E-state index is -4.25. The van der Waals surface area contributed by atoms with Crippen LogP contribution in [0.1, 0.15) is 22.6 Å². The van der Waals surface area contributed by atoms with E-state index < -0.39 is 19.0 Å². The molecule has 0 aromatic carbocycles. The van der Waals surface area contributed by atoms with Crippen LogP contribution in [0.4, 0.5) is 17.6 Å². The Labute approximate surface area is 173 Å². The van der Waals surface area contributed by atoms with Gasteiger partial charge in [-0.15, -0.1) is 0 Å². The molecule has 0 spiro atoms. The number of hydrogen-bond acceptors (Lipinski definition) is 6. The van der Waals surface area contributed by atoms with Crippen LogP contribution in [0.3, 0.4) is 0 Å². The smallest absolute Gasteiger partial charge is 0.340 e. The number of fused-ring (bicyclic) bond motifs is 1. The van der Waals surface area contributed by atoms with Crippen molar-refractivity contribution in [3.8, 4) is 5.75 Å². The number of amides is 1. The maximum absolute atomic E-state index is 12.9. The van der Waals surface area contributed by atoms with Crippen molar-refractivity contribution >= 4 is 16.8 Å². The van der Waals surface area contributed by atoms with Crippen LogP contribution in [0, 0.1) is 0 Å². The largest absolute Gasteiger partial charge is 0.485 e. The summed E-state index contributed by atoms with van der Waals surface area (Å²) in [5.41, 5.74) is 1.23. The van der Waals surface area contributed by atoms with E-state index in [2.05, 4.69) is 25.1 Å². The summed E-state index contributed by atoms with van der Waals surface area (Å²) in [5, 5.41) is 16.4. The number of aliphatic hydroxyl groups is 1. The summed E-state index contributed by atoms with van der Waals surface area (Å²) in [7, 11) is 0. The molecule has 0 saturated heterocycles. The molecule has 8 nitrogen and oxygen atoms in total. The van der Waals surface area contributed by atoms with Gasteiger partial charge in [-0.2, -0.15) is 13.9 Å². The lowest BCUT2D eigenvalue weighted by molar-refractivity contribution is -0.148. The highest BCUT2D eigenvalue weighted by molar-refractivity contribution is 6.04. The van der Waals surface area contributed by atoms with Crippen LogP contribution in [0.15, 0.2) is 36.8 Å². The van der Waals surface area contributed by atoms with Crippen molar-refractivity contribution in [3.63, 3.8) is 0 Å². The van der Waals surface area contributed by atoms with Crippen LogP contribution in [0.2, 0.25) is 0 Å². The Balaban J connectivity index is 1.68. The zero-order chi connectivity index (χ0) is 22.4. The average Bonchev–Trinajstić information content (AvgIpc) is 3.15. The molecule has 0 radical (unpaired) electrons. The highest BCUT2D eigenvalue weighted by Crippen LogP contribution is 2.24. The van der Waals surface area contributed by atoms with Crippen molar-refractivity contribution in [3.05, 3.63) is 48.2 Å². The molecule has 31 heavy (non-hydrogen) atoms. The first-order valence-electron chi connectivity index (χ1n) is 9.25. The maximum atomic E-state index is 12.9. The highest BCUT2D eigenvalue weighted by Gasteiger charge is 2.41. The molecule has 3 aromatic heterocycles. The predicted octanol–water partition coefficient (Wildman–Crippen LogP) is 2.27. The first-order valence-corrected chi connectivity index (χ1v) is 9.25. The number of nitrogens with one attached hydrogen (secondary N) is 1. The number of alkyl halides is 4. The number of carbonyl (C=O) groups is 1. The van der Waals surface area contributed by atoms with Crippen molar-refractivity contribution in [1.29, 1.82) is 0 Å². The normalized spacial score (nSPS) is 11.8. The molecule has 0 fully saturated rings. The lowest BCUT2D eigenvalue weighted by Gasteiger charge is -2.15. The molecule has 0 bridgehead atoms. The Morgan fingerprint density at radius 1 is 1.26 bits per heavy atom. The van der Waals surface area contributed by atoms with Crippen LogP contribution in [-0.4, -0.2) is 62.9 Å². The topological polar surface area (TPSA) is 102 Å². The summed E-state index contributed by atoms with van der Waals surface area (Å²) in [6.45, 7) is -0.982. The molecule has 0 aliphatic heterocycles. The van der Waals surface area contributed by atoms with Gasteiger partial charge in [-0.3, -0.25) is 19.4 Å². The molecule has 0 atom stereocenters. The molecule has 0 unspecified atom stereocenters. The number of nitrogens with zero attached hydrogens (tertiary/aromatic N) is 4. The Morgan fingerprint density at radius 2 is 2.06 bits per heavy atom. The van der Waals surface area contributed by atoms with Crippen LogP contribution >= 0.6 is 0 Å². The number of aromatic nitrogens is 4. The number of aliphatic hydroxyl groups excluding tert-OH is 1. The van der Waals surface area contributed by atoms with Gasteiger partial charge >= 0.3 is 12.3 Å². The minimum absolute atomic E-state index is 0.0404. The molecule has 3 aromatic rings. The monoisotopic (exact) mass is 441 g/mol. The molecule has 0 aliphatic carbocycles. The quantitative estimate of drug-likeness (QED) is 0.370. The van der Waals surface area contributed by atoms with E-state index >= 15 is 0 Å². The number of rotatable bonds is 10. The number of hydrogen-bond donors (Lipinski definition) is 2. The fourth-order valence-electron chi connectivity index (χ4n) is 2.62. The van der Waals surface area contributed by atoms with Crippen molar-refractivity contribution in [2.45, 2.75) is 25.3 Å². The van der Waals surface area contributed by atoms with Gasteiger partial charge in [0.25, 0.3) is 5.91 Å². The van der Waals surface area contributed by atoms with Crippen molar-refractivity contribution in [2.24, 2.45) is 0 Å². The van der Waals surface area contributed by atoms with Crippen LogP contribution < -0.4 is 10.1 Å². The first kappa shape index (κ1) is 22.4. The van der Waals surface area contributed by atoms with Crippen LogP contribution in [-0.2, 0) is 6.54 Å². The molecule has 1 amide bonds. The molecule has 2 N–H and O–H groups in total. The Morgan fingerprint density at radius 3 is 2.74 bits per heavy atom. The summed E-state index contributed by atoms with van der Waals surface area (Å²) < 4.78 is 56.4. The van der Waals surface area contributed by atoms with E-state index in [9.17, 15) is 22.4 Å². The molecule has 12 heteroatoms. The van der Waals surface area contributed by atoms with Gasteiger partial charge in [0.15, 0.2) is 6.61 Å². The Hall–Kier alpha value is -3.28. The lowest BCUT2D eigenvalue weighted by Crippen LogP contribution is -2.33. The van der Waals surface area contributed by atoms with E-state index in [0.717, 1.165) is 6.20 Å². The lowest BCUT2D eigenvalue weighted by atomic mass is 10.2. The van der Waals surface area contributed by atoms with Gasteiger partial charge in [-0.25, -0.2) is 8.78 Å². The van der Waals surface area contributed by atoms with Crippen LogP contribution in [0.25, 0.3) is 10.9 Å². The van der Waals surface area contributed by atoms with Gasteiger partial charge in [0.1, 0.15) is 11.4 Å². The second kappa shape index (κ2) is 9.69. The van der Waals surface area contributed by atoms with E-state index in [1.807, 2.05) is 0 Å². The molecule has 3 heterocycles. The van der Waals surface area contributed by atoms with Gasteiger partial charge in [0, 0.05) is 25.5 Å². The van der Waals surface area contributed by atoms with Gasteiger partial charge in [-0.05, 0) is 24.6 Å². The van der Waals surface area contributed by atoms with Crippen molar-refractivity contribution in [2.75, 3.05) is 19.8 Å². The molecule has 3 rings (SSSR count). The molecular formula is C19H19F4N5O3. The standard InChI is InChI=1S/C19H19F4N5O3/c20-18(21)19(22,23)11-31-13-3-2-12(26-8-13)9-28-10-14-15(27-28)4-6-24-16(14)17(30)25-5-1-7-29/h2-4,6,8,10,18,29H,1,5,7,9,11H2,(H,25,30). The number of ether oxygens (including phenoxy) is 1. The van der Waals surface area contributed by atoms with Crippen molar-refractivity contribution in [1.82, 2.24) is 25.1 Å². The highest BCUT2D eigenvalue weighted by atomic mass is 19.3. The molecule has 166 valence electrons. The van der Waals surface area contributed by atoms with Gasteiger partial charge < -0.3 is 15.2 Å². The minimum Gasteiger partial charge on any atom is -0.485 e. The fourth-order valence-corrected chi connectivity index (χ4v) is 2.62. The summed E-state index contributed by atoms with van der Waals surface area (Å²) in [5.74, 6) is -4.70. The Bertz CT molecular complexity index is 1030. The molecule has 0 saturated carbocycles. The summed E-state index contributed by atoms with van der Waals surface area (Å²) >= 11 is 0. The SMILES string of the molecule is O=C(NCCCO)c1nccc2nn(Cc3ccc(OCC(F)(F)C(F)F)cn3)cc12. The molecule has 0 aliphatic rings. The van der Waals surface area contributed by atoms with E-state index in [0.29, 0.717) is 29.6 Å². The van der Waals surface area contributed by atoms with Gasteiger partial charge in [0.05, 0.1) is 29.3 Å². The van der Waals surface area contributed by atoms with Gasteiger partial charge in [-0.1, -0.05) is 0 Å². The second-order valence-electron chi connectivity index (χ2n) is 6.59. The molecular weight excluding hydrogens is 422 g/mol.